The first-order valence-corrected chi connectivity index (χ1v) is 8.33. The van der Waals surface area contributed by atoms with Gasteiger partial charge >= 0.3 is 0 Å². The van der Waals surface area contributed by atoms with E-state index in [0.717, 1.165) is 5.75 Å². The highest BCUT2D eigenvalue weighted by molar-refractivity contribution is 6.04. The average Bonchev–Trinajstić information content (AvgIpc) is 2.78. The van der Waals surface area contributed by atoms with Gasteiger partial charge in [-0.05, 0) is 53.8 Å². The molecule has 1 aromatic rings. The van der Waals surface area contributed by atoms with Gasteiger partial charge in [0.05, 0.1) is 0 Å². The van der Waals surface area contributed by atoms with Crippen molar-refractivity contribution in [3.05, 3.63) is 54.1 Å². The van der Waals surface area contributed by atoms with E-state index in [4.69, 9.17) is 9.47 Å². The van der Waals surface area contributed by atoms with Crippen molar-refractivity contribution < 1.29 is 9.47 Å². The molecule has 0 heterocycles. The van der Waals surface area contributed by atoms with Gasteiger partial charge in [-0.15, -0.1) is 0 Å². The highest BCUT2D eigenvalue weighted by atomic mass is 16.7. The van der Waals surface area contributed by atoms with E-state index in [0.29, 0.717) is 12.5 Å². The van der Waals surface area contributed by atoms with Crippen LogP contribution in [-0.2, 0) is 4.74 Å². The molecule has 2 nitrogen and oxygen atoms in total. The van der Waals surface area contributed by atoms with Gasteiger partial charge in [-0.3, -0.25) is 0 Å². The number of fused-ring (bicyclic) bond motifs is 3. The van der Waals surface area contributed by atoms with Crippen molar-refractivity contribution in [1.82, 2.24) is 0 Å². The van der Waals surface area contributed by atoms with Gasteiger partial charge in [0.15, 0.2) is 6.29 Å². The van der Waals surface area contributed by atoms with E-state index in [1.807, 2.05) is 13.8 Å². The summed E-state index contributed by atoms with van der Waals surface area (Å²) in [7, 11) is 0. The molecule has 1 atom stereocenters. The summed E-state index contributed by atoms with van der Waals surface area (Å²) in [5.74, 6) is 1.36. The molecule has 0 aliphatic heterocycles. The van der Waals surface area contributed by atoms with Crippen LogP contribution < -0.4 is 4.74 Å². The Balaban J connectivity index is 2.20. The minimum Gasteiger partial charge on any atom is -0.465 e. The molecule has 3 rings (SSSR count). The number of hydrogen-bond acceptors (Lipinski definition) is 2. The predicted molar refractivity (Wildman–Crippen MR) is 96.4 cm³/mol. The Bertz CT molecular complexity index is 776. The maximum absolute atomic E-state index is 6.11. The molecule has 23 heavy (non-hydrogen) atoms. The molecule has 0 saturated carbocycles. The number of benzene rings is 1. The van der Waals surface area contributed by atoms with Crippen LogP contribution in [0.2, 0.25) is 0 Å². The van der Waals surface area contributed by atoms with Crippen LogP contribution in [-0.4, -0.2) is 12.9 Å². The summed E-state index contributed by atoms with van der Waals surface area (Å²) in [6.45, 7) is 8.99. The van der Waals surface area contributed by atoms with Gasteiger partial charge in [0.2, 0.25) is 0 Å². The first-order chi connectivity index (χ1) is 11.1. The van der Waals surface area contributed by atoms with Gasteiger partial charge in [-0.2, -0.15) is 0 Å². The number of ether oxygens (including phenoxy) is 2. The average molecular weight is 308 g/mol. The fraction of sp³-hybridized carbons (Fsp3) is 0.333. The molecule has 1 unspecified atom stereocenters. The highest BCUT2D eigenvalue weighted by Gasteiger charge is 2.17. The first kappa shape index (κ1) is 15.8. The van der Waals surface area contributed by atoms with Crippen LogP contribution in [0.3, 0.4) is 0 Å². The number of rotatable bonds is 5. The zero-order chi connectivity index (χ0) is 16.4. The Kier molecular flexibility index (Phi) is 4.53. The van der Waals surface area contributed by atoms with Gasteiger partial charge in [0.25, 0.3) is 0 Å². The summed E-state index contributed by atoms with van der Waals surface area (Å²) in [5.41, 5.74) is 3.70. The minimum atomic E-state index is -0.262. The second-order valence-corrected chi connectivity index (χ2v) is 6.20. The lowest BCUT2D eigenvalue weighted by Gasteiger charge is -2.15. The van der Waals surface area contributed by atoms with Crippen LogP contribution in [0.15, 0.2) is 48.5 Å². The molecule has 0 aromatic heterocycles. The maximum Gasteiger partial charge on any atom is 0.196 e. The Morgan fingerprint density at radius 2 is 1.74 bits per heavy atom. The first-order valence-electron chi connectivity index (χ1n) is 8.33. The summed E-state index contributed by atoms with van der Waals surface area (Å²) in [5, 5.41) is 2.48. The van der Waals surface area contributed by atoms with Crippen LogP contribution in [0.1, 0.15) is 39.2 Å². The van der Waals surface area contributed by atoms with E-state index in [2.05, 4.69) is 62.4 Å². The molecule has 0 amide bonds. The van der Waals surface area contributed by atoms with Crippen LogP contribution in [0.4, 0.5) is 0 Å². The van der Waals surface area contributed by atoms with E-state index in [1.54, 1.807) is 0 Å². The molecule has 120 valence electrons. The molecule has 2 heteroatoms. The molecule has 0 spiro atoms. The molecular formula is C21H24O2. The van der Waals surface area contributed by atoms with Gasteiger partial charge in [-0.25, -0.2) is 0 Å². The zero-order valence-corrected chi connectivity index (χ0v) is 14.3. The lowest BCUT2D eigenvalue weighted by molar-refractivity contribution is -0.0609. The summed E-state index contributed by atoms with van der Waals surface area (Å²) >= 11 is 0. The lowest BCUT2D eigenvalue weighted by Crippen LogP contribution is -2.16. The van der Waals surface area contributed by atoms with E-state index >= 15 is 0 Å². The van der Waals surface area contributed by atoms with Crippen LogP contribution >= 0.6 is 0 Å². The molecule has 2 aliphatic rings. The maximum atomic E-state index is 6.11. The highest BCUT2D eigenvalue weighted by Crippen LogP contribution is 2.41. The Hall–Kier alpha value is -2.06. The van der Waals surface area contributed by atoms with Crippen molar-refractivity contribution in [2.75, 3.05) is 6.61 Å². The van der Waals surface area contributed by atoms with E-state index in [-0.39, 0.29) is 6.29 Å². The topological polar surface area (TPSA) is 18.5 Å². The summed E-state index contributed by atoms with van der Waals surface area (Å²) in [6.07, 6.45) is -0.262. The van der Waals surface area contributed by atoms with Crippen LogP contribution in [0.25, 0.3) is 21.9 Å². The van der Waals surface area contributed by atoms with Gasteiger partial charge < -0.3 is 9.47 Å². The fourth-order valence-electron chi connectivity index (χ4n) is 3.02. The molecule has 0 bridgehead atoms. The van der Waals surface area contributed by atoms with Crippen molar-refractivity contribution in [3.63, 3.8) is 0 Å². The van der Waals surface area contributed by atoms with Crippen molar-refractivity contribution in [3.8, 4) is 16.9 Å². The predicted octanol–water partition coefficient (Wildman–Crippen LogP) is 5.83. The third kappa shape index (κ3) is 3.18. The Labute approximate surface area is 138 Å². The molecule has 2 aliphatic carbocycles. The zero-order valence-electron chi connectivity index (χ0n) is 14.3. The molecule has 0 N–H and O–H groups in total. The molecule has 1 aromatic carbocycles. The monoisotopic (exact) mass is 308 g/mol. The van der Waals surface area contributed by atoms with Crippen LogP contribution in [0.5, 0.6) is 5.75 Å². The summed E-state index contributed by atoms with van der Waals surface area (Å²) < 4.78 is 11.7. The largest absolute Gasteiger partial charge is 0.465 e. The van der Waals surface area contributed by atoms with E-state index < -0.39 is 0 Å². The number of hydrogen-bond donors (Lipinski definition) is 0. The summed E-state index contributed by atoms with van der Waals surface area (Å²) in [4.78, 5) is 0. The quantitative estimate of drug-likeness (QED) is 0.552. The van der Waals surface area contributed by atoms with Gasteiger partial charge in [0, 0.05) is 12.2 Å². The Morgan fingerprint density at radius 1 is 0.957 bits per heavy atom. The van der Waals surface area contributed by atoms with Gasteiger partial charge in [0.1, 0.15) is 5.75 Å². The molecule has 0 fully saturated rings. The third-order valence-corrected chi connectivity index (χ3v) is 4.19. The molecule has 0 radical (unpaired) electrons. The van der Waals surface area contributed by atoms with Crippen LogP contribution in [0, 0.1) is 0 Å². The minimum absolute atomic E-state index is 0.262. The van der Waals surface area contributed by atoms with Crippen molar-refractivity contribution in [1.29, 1.82) is 0 Å². The van der Waals surface area contributed by atoms with Crippen molar-refractivity contribution in [2.24, 2.45) is 0 Å². The second-order valence-electron chi connectivity index (χ2n) is 6.20. The van der Waals surface area contributed by atoms with Gasteiger partial charge in [-0.1, -0.05) is 50.2 Å². The third-order valence-electron chi connectivity index (χ3n) is 4.19. The SMILES string of the molecule is CCOC(C)Oc1ccc(C(C)C)cc2cc3ccccc3c1-2. The van der Waals surface area contributed by atoms with E-state index in [9.17, 15) is 0 Å². The molecule has 0 saturated heterocycles. The fourth-order valence-corrected chi connectivity index (χ4v) is 3.02. The lowest BCUT2D eigenvalue weighted by atomic mass is 10.0. The normalized spacial score (nSPS) is 12.9. The smallest absolute Gasteiger partial charge is 0.196 e. The summed E-state index contributed by atoms with van der Waals surface area (Å²) in [6, 6.07) is 17.2. The van der Waals surface area contributed by atoms with E-state index in [1.165, 1.54) is 27.5 Å². The Morgan fingerprint density at radius 3 is 2.48 bits per heavy atom. The second kappa shape index (κ2) is 6.59. The standard InChI is InChI=1S/C21H24O2/c1-5-22-15(4)23-20-11-10-16(14(2)3)12-18-13-17-8-6-7-9-19(17)21(18)20/h6-15H,5H2,1-4H3. The molecular weight excluding hydrogens is 284 g/mol. The van der Waals surface area contributed by atoms with Crippen molar-refractivity contribution in [2.45, 2.75) is 39.9 Å². The van der Waals surface area contributed by atoms with Crippen molar-refractivity contribution >= 4 is 10.8 Å².